The molecule has 6 aliphatic rings. The lowest BCUT2D eigenvalue weighted by Crippen LogP contribution is -3.11. The fourth-order valence-electron chi connectivity index (χ4n) is 7.18. The summed E-state index contributed by atoms with van der Waals surface area (Å²) in [6, 6.07) is 0. The molecule has 0 aromatic carbocycles. The first-order valence-corrected chi connectivity index (χ1v) is 7.47. The van der Waals surface area contributed by atoms with Crippen LogP contribution < -0.4 is 5.32 Å². The molecule has 6 aliphatic carbocycles. The minimum absolute atomic E-state index is 0.280. The first-order valence-electron chi connectivity index (χ1n) is 7.47. The lowest BCUT2D eigenvalue weighted by Gasteiger charge is -3.11. The molecule has 6 saturated carbocycles. The van der Waals surface area contributed by atoms with Crippen LogP contribution in [0.5, 0.6) is 0 Å². The zero-order chi connectivity index (χ0) is 13.4. The van der Waals surface area contributed by atoms with Gasteiger partial charge in [-0.25, -0.2) is 4.79 Å². The second-order valence-electron chi connectivity index (χ2n) is 8.39. The van der Waals surface area contributed by atoms with Crippen LogP contribution in [0.1, 0.15) is 20.8 Å². The van der Waals surface area contributed by atoms with Gasteiger partial charge in [0.2, 0.25) is 0 Å². The third kappa shape index (κ3) is 0.745. The van der Waals surface area contributed by atoms with E-state index in [2.05, 4.69) is 5.32 Å². The monoisotopic (exact) mass is 263 g/mol. The highest BCUT2D eigenvalue weighted by molar-refractivity contribution is 5.68. The molecule has 0 heterocycles. The third-order valence-electron chi connectivity index (χ3n) is 7.26. The Labute approximate surface area is 112 Å². The number of aliphatic hydroxyl groups excluding tert-OH is 1. The smallest absolute Gasteiger partial charge is 0.407 e. The van der Waals surface area contributed by atoms with Crippen molar-refractivity contribution >= 4 is 6.09 Å². The molecule has 19 heavy (non-hydrogen) atoms. The summed E-state index contributed by atoms with van der Waals surface area (Å²) in [5.41, 5.74) is 0.374. The van der Waals surface area contributed by atoms with Crippen molar-refractivity contribution in [3.8, 4) is 0 Å². The molecule has 2 N–H and O–H groups in total. The van der Waals surface area contributed by atoms with Crippen molar-refractivity contribution in [2.45, 2.75) is 26.4 Å². The molecule has 0 atom stereocenters. The number of rotatable bonds is 3. The van der Waals surface area contributed by atoms with Gasteiger partial charge in [0.15, 0.2) is 0 Å². The van der Waals surface area contributed by atoms with E-state index in [4.69, 9.17) is 4.74 Å². The van der Waals surface area contributed by atoms with E-state index in [-0.39, 0.29) is 6.09 Å². The molecule has 0 aliphatic heterocycles. The maximum Gasteiger partial charge on any atom is 0.407 e. The molecule has 0 bridgehead atoms. The molecular formula is C15H21NO3. The molecule has 104 valence electrons. The lowest BCUT2D eigenvalue weighted by molar-refractivity contribution is -0.658. The first kappa shape index (κ1) is 11.0. The highest BCUT2D eigenvalue weighted by atomic mass is 16.6. The van der Waals surface area contributed by atoms with Gasteiger partial charge in [-0.15, -0.1) is 0 Å². The average Bonchev–Trinajstić information content (AvgIpc) is 2.34. The number of hydrogen-bond donors (Lipinski definition) is 2. The standard InChI is InChI=1S/C15H21NO3/c1-13(2,3)19-12(18)16-4-14-6-9-7(14)11-8(14)10(6)15(9,11)5-17/h6-11,17H,4-5H2,1-3H3,(H,16,18). The maximum atomic E-state index is 11.7. The number of hydrogen-bond acceptors (Lipinski definition) is 3. The summed E-state index contributed by atoms with van der Waals surface area (Å²) >= 11 is 0. The van der Waals surface area contributed by atoms with E-state index in [0.29, 0.717) is 17.4 Å². The largest absolute Gasteiger partial charge is 0.444 e. The normalized spacial score (nSPS) is 60.6. The molecule has 0 aromatic rings. The van der Waals surface area contributed by atoms with E-state index in [1.807, 2.05) is 20.8 Å². The Morgan fingerprint density at radius 2 is 1.58 bits per heavy atom. The second-order valence-corrected chi connectivity index (χ2v) is 8.39. The van der Waals surface area contributed by atoms with Crippen LogP contribution in [0, 0.1) is 46.3 Å². The van der Waals surface area contributed by atoms with Gasteiger partial charge < -0.3 is 15.2 Å². The Morgan fingerprint density at radius 1 is 1.11 bits per heavy atom. The minimum Gasteiger partial charge on any atom is -0.444 e. The molecule has 6 rings (SSSR count). The Balaban J connectivity index is 1.23. The number of ether oxygens (including phenoxy) is 1. The fraction of sp³-hybridized carbons (Fsp3) is 0.933. The van der Waals surface area contributed by atoms with Crippen molar-refractivity contribution in [1.29, 1.82) is 0 Å². The van der Waals surface area contributed by atoms with Crippen LogP contribution in [0.4, 0.5) is 4.79 Å². The Kier molecular flexibility index (Phi) is 1.47. The summed E-state index contributed by atoms with van der Waals surface area (Å²) in [7, 11) is 0. The number of amides is 1. The number of carbonyl (C=O) groups is 1. The van der Waals surface area contributed by atoms with Crippen LogP contribution in [0.2, 0.25) is 0 Å². The van der Waals surface area contributed by atoms with Gasteiger partial charge >= 0.3 is 6.09 Å². The summed E-state index contributed by atoms with van der Waals surface area (Å²) in [5.74, 6) is 4.85. The maximum absolute atomic E-state index is 11.7. The number of alkyl carbamates (subject to hydrolysis) is 1. The SMILES string of the molecule is CC(C)(C)OC(=O)NCC12C3C4C1C1C2C3C41CO. The molecule has 1 amide bonds. The number of nitrogens with one attached hydrogen (secondary N) is 1. The van der Waals surface area contributed by atoms with Crippen LogP contribution in [-0.2, 0) is 4.74 Å². The van der Waals surface area contributed by atoms with Gasteiger partial charge in [0.05, 0.1) is 0 Å². The zero-order valence-corrected chi connectivity index (χ0v) is 11.6. The van der Waals surface area contributed by atoms with E-state index >= 15 is 0 Å². The number of aliphatic hydroxyl groups is 1. The van der Waals surface area contributed by atoms with Gasteiger partial charge in [-0.05, 0) is 61.7 Å². The molecule has 0 aromatic heterocycles. The molecule has 0 saturated heterocycles. The molecule has 4 heteroatoms. The third-order valence-corrected chi connectivity index (χ3v) is 7.26. The van der Waals surface area contributed by atoms with Crippen molar-refractivity contribution in [2.24, 2.45) is 46.3 Å². The molecule has 0 spiro atoms. The van der Waals surface area contributed by atoms with E-state index < -0.39 is 5.60 Å². The van der Waals surface area contributed by atoms with Crippen molar-refractivity contribution in [3.63, 3.8) is 0 Å². The van der Waals surface area contributed by atoms with Gasteiger partial charge in [0.1, 0.15) is 5.60 Å². The summed E-state index contributed by atoms with van der Waals surface area (Å²) in [6.07, 6.45) is -0.280. The summed E-state index contributed by atoms with van der Waals surface area (Å²) < 4.78 is 5.31. The summed E-state index contributed by atoms with van der Waals surface area (Å²) in [4.78, 5) is 11.7. The highest BCUT2D eigenvalue weighted by Gasteiger charge is 3.09. The Hall–Kier alpha value is -0.770. The van der Waals surface area contributed by atoms with Crippen LogP contribution in [0.25, 0.3) is 0 Å². The average molecular weight is 263 g/mol. The fourth-order valence-corrected chi connectivity index (χ4v) is 7.18. The number of carbonyl (C=O) groups excluding carboxylic acids is 1. The summed E-state index contributed by atoms with van der Waals surface area (Å²) in [5, 5.41) is 12.5. The predicted molar refractivity (Wildman–Crippen MR) is 67.1 cm³/mol. The molecule has 6 fully saturated rings. The first-order chi connectivity index (χ1) is 8.89. The van der Waals surface area contributed by atoms with Gasteiger partial charge in [0.25, 0.3) is 0 Å². The van der Waals surface area contributed by atoms with E-state index in [1.165, 1.54) is 0 Å². The predicted octanol–water partition coefficient (Wildman–Crippen LogP) is 1.24. The van der Waals surface area contributed by atoms with E-state index in [9.17, 15) is 9.90 Å². The van der Waals surface area contributed by atoms with Crippen molar-refractivity contribution in [1.82, 2.24) is 5.32 Å². The molecular weight excluding hydrogens is 242 g/mol. The second kappa shape index (κ2) is 2.54. The summed E-state index contributed by atoms with van der Waals surface area (Å²) in [6.45, 7) is 6.88. The van der Waals surface area contributed by atoms with Crippen molar-refractivity contribution in [3.05, 3.63) is 0 Å². The Bertz CT molecular complexity index is 452. The van der Waals surface area contributed by atoms with E-state index in [1.54, 1.807) is 0 Å². The quantitative estimate of drug-likeness (QED) is 0.805. The lowest BCUT2D eigenvalue weighted by atomic mass is 8.92. The van der Waals surface area contributed by atoms with Gasteiger partial charge in [-0.1, -0.05) is 0 Å². The van der Waals surface area contributed by atoms with Gasteiger partial charge in [-0.2, -0.15) is 0 Å². The van der Waals surface area contributed by atoms with Gasteiger partial charge in [0, 0.05) is 18.6 Å². The van der Waals surface area contributed by atoms with Crippen LogP contribution >= 0.6 is 0 Å². The van der Waals surface area contributed by atoms with Crippen LogP contribution in [0.3, 0.4) is 0 Å². The van der Waals surface area contributed by atoms with E-state index in [0.717, 1.165) is 42.1 Å². The molecule has 0 unspecified atom stereocenters. The minimum atomic E-state index is -0.420. The topological polar surface area (TPSA) is 58.6 Å². The molecule has 4 nitrogen and oxygen atoms in total. The van der Waals surface area contributed by atoms with Gasteiger partial charge in [-0.3, -0.25) is 0 Å². The van der Waals surface area contributed by atoms with Crippen molar-refractivity contribution < 1.29 is 14.6 Å². The zero-order valence-electron chi connectivity index (χ0n) is 11.6. The van der Waals surface area contributed by atoms with Crippen LogP contribution in [-0.4, -0.2) is 30.0 Å². The molecule has 0 radical (unpaired) electrons. The van der Waals surface area contributed by atoms with Crippen molar-refractivity contribution in [2.75, 3.05) is 13.2 Å². The Morgan fingerprint density at radius 3 is 2.00 bits per heavy atom. The van der Waals surface area contributed by atoms with Crippen LogP contribution in [0.15, 0.2) is 0 Å². The highest BCUT2D eigenvalue weighted by Crippen LogP contribution is 3.09.